The van der Waals surface area contributed by atoms with Crippen LogP contribution in [0.2, 0.25) is 0 Å². The lowest BCUT2D eigenvalue weighted by Crippen LogP contribution is -1.99. The quantitative estimate of drug-likeness (QED) is 0.839. The van der Waals surface area contributed by atoms with Gasteiger partial charge in [-0.1, -0.05) is 0 Å². The molecule has 0 bridgehead atoms. The summed E-state index contributed by atoms with van der Waals surface area (Å²) in [7, 11) is 1.49. The molecule has 0 aromatic heterocycles. The first-order valence-corrected chi connectivity index (χ1v) is 5.09. The molecule has 1 aromatic carbocycles. The summed E-state index contributed by atoms with van der Waals surface area (Å²) < 4.78 is 18.2. The van der Waals surface area contributed by atoms with Crippen LogP contribution in [-0.4, -0.2) is 18.2 Å². The van der Waals surface area contributed by atoms with Gasteiger partial charge in [-0.2, -0.15) is 0 Å². The van der Waals surface area contributed by atoms with Crippen LogP contribution in [0.25, 0.3) is 0 Å². The van der Waals surface area contributed by atoms with Gasteiger partial charge in [0.25, 0.3) is 0 Å². The third-order valence-electron chi connectivity index (χ3n) is 2.49. The number of rotatable bonds is 5. The Balaban J connectivity index is 2.78. The van der Waals surface area contributed by atoms with Crippen molar-refractivity contribution in [1.29, 1.82) is 0 Å². The van der Waals surface area contributed by atoms with E-state index in [4.69, 9.17) is 9.84 Å². The first-order chi connectivity index (χ1) is 7.54. The molecule has 0 aliphatic heterocycles. The Morgan fingerprint density at radius 1 is 1.50 bits per heavy atom. The SMILES string of the molecule is COc1cc(F)cc(CCCC(=O)O)c1C. The van der Waals surface area contributed by atoms with Gasteiger partial charge in [-0.25, -0.2) is 4.39 Å². The number of carbonyl (C=O) groups is 1. The van der Waals surface area contributed by atoms with Crippen molar-refractivity contribution in [3.8, 4) is 5.75 Å². The molecule has 0 spiro atoms. The second kappa shape index (κ2) is 5.49. The zero-order valence-corrected chi connectivity index (χ0v) is 9.42. The molecule has 0 aliphatic rings. The van der Waals surface area contributed by atoms with Crippen LogP contribution in [0.3, 0.4) is 0 Å². The summed E-state index contributed by atoms with van der Waals surface area (Å²) in [4.78, 5) is 10.4. The number of hydrogen-bond donors (Lipinski definition) is 1. The van der Waals surface area contributed by atoms with Gasteiger partial charge >= 0.3 is 5.97 Å². The van der Waals surface area contributed by atoms with E-state index in [1.807, 2.05) is 6.92 Å². The summed E-state index contributed by atoms with van der Waals surface area (Å²) in [6, 6.07) is 2.76. The van der Waals surface area contributed by atoms with Crippen molar-refractivity contribution in [2.24, 2.45) is 0 Å². The van der Waals surface area contributed by atoms with Gasteiger partial charge in [0, 0.05) is 12.5 Å². The van der Waals surface area contributed by atoms with Crippen molar-refractivity contribution in [2.75, 3.05) is 7.11 Å². The average molecular weight is 226 g/mol. The lowest BCUT2D eigenvalue weighted by Gasteiger charge is -2.10. The van der Waals surface area contributed by atoms with Gasteiger partial charge in [0.05, 0.1) is 7.11 Å². The van der Waals surface area contributed by atoms with Crippen LogP contribution in [0.15, 0.2) is 12.1 Å². The van der Waals surface area contributed by atoms with E-state index < -0.39 is 5.97 Å². The van der Waals surface area contributed by atoms with E-state index in [2.05, 4.69) is 0 Å². The van der Waals surface area contributed by atoms with Crippen molar-refractivity contribution in [1.82, 2.24) is 0 Å². The molecule has 3 nitrogen and oxygen atoms in total. The molecule has 0 amide bonds. The molecule has 1 aromatic rings. The zero-order chi connectivity index (χ0) is 12.1. The first-order valence-electron chi connectivity index (χ1n) is 5.09. The molecule has 0 heterocycles. The molecule has 1 N–H and O–H groups in total. The zero-order valence-electron chi connectivity index (χ0n) is 9.42. The van der Waals surface area contributed by atoms with Crippen molar-refractivity contribution in [3.05, 3.63) is 29.1 Å². The molecular formula is C12H15FO3. The van der Waals surface area contributed by atoms with E-state index >= 15 is 0 Å². The highest BCUT2D eigenvalue weighted by atomic mass is 19.1. The molecule has 0 unspecified atom stereocenters. The van der Waals surface area contributed by atoms with Crippen molar-refractivity contribution < 1.29 is 19.0 Å². The van der Waals surface area contributed by atoms with Crippen LogP contribution in [0.4, 0.5) is 4.39 Å². The van der Waals surface area contributed by atoms with Crippen LogP contribution in [0, 0.1) is 12.7 Å². The predicted molar refractivity (Wildman–Crippen MR) is 58.3 cm³/mol. The summed E-state index contributed by atoms with van der Waals surface area (Å²) in [5.41, 5.74) is 1.67. The van der Waals surface area contributed by atoms with E-state index in [0.717, 1.165) is 11.1 Å². The summed E-state index contributed by atoms with van der Waals surface area (Å²) in [5.74, 6) is -0.681. The van der Waals surface area contributed by atoms with Crippen LogP contribution >= 0.6 is 0 Å². The van der Waals surface area contributed by atoms with Gasteiger partial charge in [0.2, 0.25) is 0 Å². The fourth-order valence-electron chi connectivity index (χ4n) is 1.61. The van der Waals surface area contributed by atoms with Crippen LogP contribution in [-0.2, 0) is 11.2 Å². The molecule has 0 atom stereocenters. The minimum atomic E-state index is -0.832. The maximum atomic E-state index is 13.2. The van der Waals surface area contributed by atoms with Gasteiger partial charge in [0.15, 0.2) is 0 Å². The Morgan fingerprint density at radius 3 is 2.75 bits per heavy atom. The lowest BCUT2D eigenvalue weighted by atomic mass is 10.0. The van der Waals surface area contributed by atoms with E-state index in [-0.39, 0.29) is 12.2 Å². The topological polar surface area (TPSA) is 46.5 Å². The Morgan fingerprint density at radius 2 is 2.19 bits per heavy atom. The smallest absolute Gasteiger partial charge is 0.303 e. The normalized spacial score (nSPS) is 10.2. The summed E-state index contributed by atoms with van der Waals surface area (Å²) in [5, 5.41) is 8.52. The number of carboxylic acids is 1. The summed E-state index contributed by atoms with van der Waals surface area (Å²) in [6.45, 7) is 1.84. The van der Waals surface area contributed by atoms with Crippen LogP contribution < -0.4 is 4.74 Å². The van der Waals surface area contributed by atoms with E-state index in [0.29, 0.717) is 18.6 Å². The van der Waals surface area contributed by atoms with E-state index in [1.54, 1.807) is 0 Å². The van der Waals surface area contributed by atoms with Gasteiger partial charge in [-0.05, 0) is 37.0 Å². The van der Waals surface area contributed by atoms with Crippen molar-refractivity contribution in [3.63, 3.8) is 0 Å². The highest BCUT2D eigenvalue weighted by molar-refractivity contribution is 5.66. The maximum absolute atomic E-state index is 13.2. The highest BCUT2D eigenvalue weighted by Crippen LogP contribution is 2.24. The van der Waals surface area contributed by atoms with Crippen LogP contribution in [0.1, 0.15) is 24.0 Å². The van der Waals surface area contributed by atoms with Gasteiger partial charge in [0.1, 0.15) is 11.6 Å². The Hall–Kier alpha value is -1.58. The number of hydrogen-bond acceptors (Lipinski definition) is 2. The molecule has 4 heteroatoms. The van der Waals surface area contributed by atoms with Crippen molar-refractivity contribution >= 4 is 5.97 Å². The second-order valence-corrected chi connectivity index (χ2v) is 3.64. The molecule has 0 radical (unpaired) electrons. The number of methoxy groups -OCH3 is 1. The Kier molecular flexibility index (Phi) is 4.28. The van der Waals surface area contributed by atoms with Crippen LogP contribution in [0.5, 0.6) is 5.75 Å². The molecule has 16 heavy (non-hydrogen) atoms. The first kappa shape index (κ1) is 12.5. The van der Waals surface area contributed by atoms with E-state index in [9.17, 15) is 9.18 Å². The Bertz CT molecular complexity index is 388. The number of halogens is 1. The lowest BCUT2D eigenvalue weighted by molar-refractivity contribution is -0.137. The molecule has 88 valence electrons. The molecule has 1 rings (SSSR count). The van der Waals surface area contributed by atoms with E-state index in [1.165, 1.54) is 19.2 Å². The second-order valence-electron chi connectivity index (χ2n) is 3.64. The predicted octanol–water partition coefficient (Wildman–Crippen LogP) is 2.55. The van der Waals surface area contributed by atoms with Gasteiger partial charge < -0.3 is 9.84 Å². The third kappa shape index (κ3) is 3.22. The molecule has 0 aliphatic carbocycles. The standard InChI is InChI=1S/C12H15FO3/c1-8-9(4-3-5-12(14)15)6-10(13)7-11(8)16-2/h6-7H,3-5H2,1-2H3,(H,14,15). The fourth-order valence-corrected chi connectivity index (χ4v) is 1.61. The largest absolute Gasteiger partial charge is 0.496 e. The number of benzene rings is 1. The maximum Gasteiger partial charge on any atom is 0.303 e. The number of aliphatic carboxylic acids is 1. The monoisotopic (exact) mass is 226 g/mol. The number of aryl methyl sites for hydroxylation is 1. The molecule has 0 saturated heterocycles. The minimum Gasteiger partial charge on any atom is -0.496 e. The molecule has 0 fully saturated rings. The van der Waals surface area contributed by atoms with Gasteiger partial charge in [-0.3, -0.25) is 4.79 Å². The summed E-state index contributed by atoms with van der Waals surface area (Å²) >= 11 is 0. The fraction of sp³-hybridized carbons (Fsp3) is 0.417. The number of carboxylic acid groups (broad SMARTS) is 1. The molecule has 0 saturated carbocycles. The average Bonchev–Trinajstić information content (AvgIpc) is 2.22. The van der Waals surface area contributed by atoms with Gasteiger partial charge in [-0.15, -0.1) is 0 Å². The highest BCUT2D eigenvalue weighted by Gasteiger charge is 2.08. The number of ether oxygens (including phenoxy) is 1. The molecular weight excluding hydrogens is 211 g/mol. The van der Waals surface area contributed by atoms with Crippen molar-refractivity contribution in [2.45, 2.75) is 26.2 Å². The Labute approximate surface area is 93.9 Å². The summed E-state index contributed by atoms with van der Waals surface area (Å²) in [6.07, 6.45) is 1.15. The third-order valence-corrected chi connectivity index (χ3v) is 2.49. The minimum absolute atomic E-state index is 0.0955.